The molecule has 6 nitrogen and oxygen atoms in total. The second-order valence-electron chi connectivity index (χ2n) is 3.70. The number of aliphatic hydroxyl groups is 1. The molecule has 0 saturated heterocycles. The summed E-state index contributed by atoms with van der Waals surface area (Å²) >= 11 is 0. The van der Waals surface area contributed by atoms with E-state index in [2.05, 4.69) is 9.72 Å². The Labute approximate surface area is 106 Å². The minimum Gasteiger partial charge on any atom is -0.465 e. The SMILES string of the molecule is COC(=O)c1cnc(C)c(S(=O)(=O)CCCO)c1. The lowest BCUT2D eigenvalue weighted by Crippen LogP contribution is -2.12. The van der Waals surface area contributed by atoms with Crippen molar-refractivity contribution in [1.29, 1.82) is 0 Å². The van der Waals surface area contributed by atoms with Crippen LogP contribution in [0.5, 0.6) is 0 Å². The highest BCUT2D eigenvalue weighted by molar-refractivity contribution is 7.91. The summed E-state index contributed by atoms with van der Waals surface area (Å²) in [7, 11) is -2.34. The smallest absolute Gasteiger partial charge is 0.339 e. The summed E-state index contributed by atoms with van der Waals surface area (Å²) in [5.74, 6) is -0.822. The van der Waals surface area contributed by atoms with E-state index in [9.17, 15) is 13.2 Å². The number of aryl methyl sites for hydroxylation is 1. The maximum atomic E-state index is 12.0. The number of pyridine rings is 1. The number of esters is 1. The molecule has 0 radical (unpaired) electrons. The summed E-state index contributed by atoms with van der Waals surface area (Å²) in [4.78, 5) is 15.2. The topological polar surface area (TPSA) is 93.6 Å². The number of carbonyl (C=O) groups excluding carboxylic acids is 1. The number of aliphatic hydroxyl groups excluding tert-OH is 1. The molecule has 0 aliphatic heterocycles. The number of carbonyl (C=O) groups is 1. The van der Waals surface area contributed by atoms with Crippen molar-refractivity contribution in [2.24, 2.45) is 0 Å². The first kappa shape index (κ1) is 14.6. The fourth-order valence-electron chi connectivity index (χ4n) is 1.42. The van der Waals surface area contributed by atoms with Gasteiger partial charge in [-0.25, -0.2) is 13.2 Å². The van der Waals surface area contributed by atoms with Crippen LogP contribution in [0.2, 0.25) is 0 Å². The molecule has 0 bridgehead atoms. The molecular formula is C11H15NO5S. The third kappa shape index (κ3) is 3.27. The molecule has 1 aromatic rings. The maximum Gasteiger partial charge on any atom is 0.339 e. The Bertz CT molecular complexity index is 538. The van der Waals surface area contributed by atoms with Gasteiger partial charge in [0.05, 0.1) is 29.0 Å². The van der Waals surface area contributed by atoms with Crippen molar-refractivity contribution in [3.05, 3.63) is 23.5 Å². The van der Waals surface area contributed by atoms with Gasteiger partial charge in [0.2, 0.25) is 0 Å². The molecule has 1 N–H and O–H groups in total. The summed E-state index contributed by atoms with van der Waals surface area (Å²) in [6.45, 7) is 1.34. The predicted octanol–water partition coefficient (Wildman–Crippen LogP) is 0.333. The second-order valence-corrected chi connectivity index (χ2v) is 5.77. The van der Waals surface area contributed by atoms with Gasteiger partial charge in [0.1, 0.15) is 0 Å². The van der Waals surface area contributed by atoms with Gasteiger partial charge in [-0.1, -0.05) is 0 Å². The van der Waals surface area contributed by atoms with Crippen molar-refractivity contribution in [1.82, 2.24) is 4.98 Å². The number of rotatable bonds is 5. The van der Waals surface area contributed by atoms with Crippen LogP contribution in [-0.2, 0) is 14.6 Å². The van der Waals surface area contributed by atoms with Crippen molar-refractivity contribution < 1.29 is 23.1 Å². The van der Waals surface area contributed by atoms with E-state index in [1.54, 1.807) is 6.92 Å². The molecule has 0 amide bonds. The van der Waals surface area contributed by atoms with Gasteiger partial charge < -0.3 is 9.84 Å². The van der Waals surface area contributed by atoms with Crippen LogP contribution in [-0.4, -0.2) is 43.9 Å². The zero-order chi connectivity index (χ0) is 13.8. The largest absolute Gasteiger partial charge is 0.465 e. The van der Waals surface area contributed by atoms with E-state index in [4.69, 9.17) is 5.11 Å². The molecule has 0 fully saturated rings. The first-order chi connectivity index (χ1) is 8.42. The minimum absolute atomic E-state index is 0.00106. The third-order valence-electron chi connectivity index (χ3n) is 2.37. The predicted molar refractivity (Wildman–Crippen MR) is 64.1 cm³/mol. The Balaban J connectivity index is 3.19. The van der Waals surface area contributed by atoms with Gasteiger partial charge in [0.25, 0.3) is 0 Å². The van der Waals surface area contributed by atoms with Gasteiger partial charge in [-0.15, -0.1) is 0 Å². The lowest BCUT2D eigenvalue weighted by atomic mass is 10.2. The van der Waals surface area contributed by atoms with Crippen LogP contribution in [0.15, 0.2) is 17.2 Å². The number of hydrogen-bond donors (Lipinski definition) is 1. The number of nitrogens with zero attached hydrogens (tertiary/aromatic N) is 1. The highest BCUT2D eigenvalue weighted by Crippen LogP contribution is 2.17. The average molecular weight is 273 g/mol. The van der Waals surface area contributed by atoms with E-state index in [-0.39, 0.29) is 29.2 Å². The van der Waals surface area contributed by atoms with E-state index >= 15 is 0 Å². The molecule has 0 atom stereocenters. The van der Waals surface area contributed by atoms with E-state index in [1.165, 1.54) is 19.4 Å². The van der Waals surface area contributed by atoms with E-state index < -0.39 is 15.8 Å². The van der Waals surface area contributed by atoms with Crippen LogP contribution >= 0.6 is 0 Å². The zero-order valence-corrected chi connectivity index (χ0v) is 11.0. The Morgan fingerprint density at radius 2 is 2.17 bits per heavy atom. The molecule has 7 heteroatoms. The fraction of sp³-hybridized carbons (Fsp3) is 0.455. The molecule has 0 aliphatic carbocycles. The molecule has 100 valence electrons. The standard InChI is InChI=1S/C11H15NO5S/c1-8-10(18(15,16)5-3-4-13)6-9(7-12-8)11(14)17-2/h6-7,13H,3-5H2,1-2H3. The first-order valence-electron chi connectivity index (χ1n) is 5.31. The molecule has 18 heavy (non-hydrogen) atoms. The maximum absolute atomic E-state index is 12.0. The van der Waals surface area contributed by atoms with Gasteiger partial charge >= 0.3 is 5.97 Å². The average Bonchev–Trinajstić information content (AvgIpc) is 2.35. The van der Waals surface area contributed by atoms with Gasteiger partial charge in [-0.05, 0) is 19.4 Å². The van der Waals surface area contributed by atoms with Crippen LogP contribution < -0.4 is 0 Å². The van der Waals surface area contributed by atoms with Crippen molar-refractivity contribution in [2.45, 2.75) is 18.2 Å². The van der Waals surface area contributed by atoms with Gasteiger partial charge in [-0.2, -0.15) is 0 Å². The molecule has 0 unspecified atom stereocenters. The van der Waals surface area contributed by atoms with Crippen LogP contribution in [0.4, 0.5) is 0 Å². The molecule has 0 aromatic carbocycles. The van der Waals surface area contributed by atoms with Crippen molar-refractivity contribution in [3.8, 4) is 0 Å². The number of ether oxygens (including phenoxy) is 1. The molecule has 1 aromatic heterocycles. The Morgan fingerprint density at radius 1 is 1.50 bits per heavy atom. The quantitative estimate of drug-likeness (QED) is 0.777. The van der Waals surface area contributed by atoms with E-state index in [0.717, 1.165) is 0 Å². The minimum atomic E-state index is -3.55. The van der Waals surface area contributed by atoms with E-state index in [1.807, 2.05) is 0 Å². The lowest BCUT2D eigenvalue weighted by molar-refractivity contribution is 0.0600. The zero-order valence-electron chi connectivity index (χ0n) is 10.2. The van der Waals surface area contributed by atoms with Gasteiger partial charge in [0, 0.05) is 12.8 Å². The van der Waals surface area contributed by atoms with E-state index in [0.29, 0.717) is 5.69 Å². The summed E-state index contributed by atoms with van der Waals surface area (Å²) in [5, 5.41) is 8.67. The van der Waals surface area contributed by atoms with Crippen molar-refractivity contribution in [3.63, 3.8) is 0 Å². The Kier molecular flexibility index (Phi) is 4.80. The van der Waals surface area contributed by atoms with Crippen molar-refractivity contribution in [2.75, 3.05) is 19.5 Å². The van der Waals surface area contributed by atoms with Gasteiger partial charge in [-0.3, -0.25) is 4.98 Å². The molecule has 1 rings (SSSR count). The van der Waals surface area contributed by atoms with Crippen LogP contribution in [0.1, 0.15) is 22.5 Å². The molecular weight excluding hydrogens is 258 g/mol. The summed E-state index contributed by atoms with van der Waals surface area (Å²) in [5.41, 5.74) is 0.409. The second kappa shape index (κ2) is 5.92. The summed E-state index contributed by atoms with van der Waals surface area (Å²) in [6.07, 6.45) is 1.41. The molecule has 0 aliphatic rings. The molecule has 1 heterocycles. The summed E-state index contributed by atoms with van der Waals surface area (Å²) in [6, 6.07) is 1.25. The van der Waals surface area contributed by atoms with Gasteiger partial charge in [0.15, 0.2) is 9.84 Å². The summed E-state index contributed by atoms with van der Waals surface area (Å²) < 4.78 is 28.5. The van der Waals surface area contributed by atoms with Crippen LogP contribution in [0, 0.1) is 6.92 Å². The van der Waals surface area contributed by atoms with Crippen molar-refractivity contribution >= 4 is 15.8 Å². The monoisotopic (exact) mass is 273 g/mol. The number of hydrogen-bond acceptors (Lipinski definition) is 6. The highest BCUT2D eigenvalue weighted by Gasteiger charge is 2.20. The number of methoxy groups -OCH3 is 1. The molecule has 0 saturated carbocycles. The normalized spacial score (nSPS) is 11.3. The Hall–Kier alpha value is -1.47. The third-order valence-corrected chi connectivity index (χ3v) is 4.28. The van der Waals surface area contributed by atoms with Crippen LogP contribution in [0.3, 0.4) is 0 Å². The van der Waals surface area contributed by atoms with Crippen LogP contribution in [0.25, 0.3) is 0 Å². The lowest BCUT2D eigenvalue weighted by Gasteiger charge is -2.08. The molecule has 0 spiro atoms. The number of aromatic nitrogens is 1. The first-order valence-corrected chi connectivity index (χ1v) is 6.96. The number of sulfone groups is 1. The highest BCUT2D eigenvalue weighted by atomic mass is 32.2. The fourth-order valence-corrected chi connectivity index (χ4v) is 2.96. The Morgan fingerprint density at radius 3 is 2.72 bits per heavy atom.